The van der Waals surface area contributed by atoms with Gasteiger partial charge in [-0.2, -0.15) is 0 Å². The van der Waals surface area contributed by atoms with Crippen LogP contribution in [0, 0.1) is 6.92 Å². The van der Waals surface area contributed by atoms with Gasteiger partial charge in [0.1, 0.15) is 5.03 Å². The Hall–Kier alpha value is -0.840. The second kappa shape index (κ2) is 6.36. The van der Waals surface area contributed by atoms with Crippen molar-refractivity contribution in [3.8, 4) is 0 Å². The van der Waals surface area contributed by atoms with Crippen LogP contribution in [0.15, 0.2) is 50.9 Å². The summed E-state index contributed by atoms with van der Waals surface area (Å²) in [7, 11) is 0. The summed E-state index contributed by atoms with van der Waals surface area (Å²) < 4.78 is 1.10. The highest BCUT2D eigenvalue weighted by atomic mass is 79.9. The summed E-state index contributed by atoms with van der Waals surface area (Å²) in [6.45, 7) is 2.75. The van der Waals surface area contributed by atoms with E-state index < -0.39 is 0 Å². The summed E-state index contributed by atoms with van der Waals surface area (Å²) >= 11 is 5.23. The molecule has 2 N–H and O–H groups in total. The number of hydrogen-bond acceptors (Lipinski definition) is 3. The van der Waals surface area contributed by atoms with Crippen LogP contribution in [0.4, 0.5) is 0 Å². The van der Waals surface area contributed by atoms with Crippen LogP contribution in [0.2, 0.25) is 0 Å². The maximum Gasteiger partial charge on any atom is 0.104 e. The van der Waals surface area contributed by atoms with Gasteiger partial charge in [-0.3, -0.25) is 0 Å². The molecule has 0 unspecified atom stereocenters. The van der Waals surface area contributed by atoms with E-state index in [1.807, 2.05) is 24.4 Å². The van der Waals surface area contributed by atoms with Crippen molar-refractivity contribution >= 4 is 27.7 Å². The number of nitrogens with zero attached hydrogens (tertiary/aromatic N) is 1. The third kappa shape index (κ3) is 3.34. The molecule has 0 saturated carbocycles. The Morgan fingerprint density at radius 3 is 2.78 bits per heavy atom. The quantitative estimate of drug-likeness (QED) is 0.930. The van der Waals surface area contributed by atoms with Crippen LogP contribution in [0.25, 0.3) is 0 Å². The van der Waals surface area contributed by atoms with E-state index in [4.69, 9.17) is 5.73 Å². The predicted octanol–water partition coefficient (Wildman–Crippen LogP) is 3.80. The van der Waals surface area contributed by atoms with Gasteiger partial charge in [-0.1, -0.05) is 30.0 Å². The van der Waals surface area contributed by atoms with Crippen molar-refractivity contribution in [3.05, 3.63) is 52.1 Å². The highest BCUT2D eigenvalue weighted by Crippen LogP contribution is 2.33. The molecule has 1 aromatic carbocycles. The lowest BCUT2D eigenvalue weighted by atomic mass is 10.2. The molecule has 0 bridgehead atoms. The first-order chi connectivity index (χ1) is 8.70. The zero-order valence-electron chi connectivity index (χ0n) is 10.2. The van der Waals surface area contributed by atoms with E-state index in [1.165, 1.54) is 16.0 Å². The van der Waals surface area contributed by atoms with Crippen molar-refractivity contribution in [2.45, 2.75) is 23.3 Å². The lowest BCUT2D eigenvalue weighted by Crippen LogP contribution is -2.03. The maximum absolute atomic E-state index is 5.55. The zero-order valence-corrected chi connectivity index (χ0v) is 12.6. The Labute approximate surface area is 120 Å². The standard InChI is InChI=1S/C14H15BrN2S/c1-10-8-11(6-7-16)9-17-14(10)18-13-5-3-2-4-12(13)15/h2-5,8-9H,6-7,16H2,1H3. The first-order valence-electron chi connectivity index (χ1n) is 5.78. The molecule has 0 aliphatic rings. The van der Waals surface area contributed by atoms with Crippen LogP contribution in [0.1, 0.15) is 11.1 Å². The summed E-state index contributed by atoms with van der Waals surface area (Å²) in [5, 5.41) is 1.04. The normalized spacial score (nSPS) is 10.6. The van der Waals surface area contributed by atoms with Crippen molar-refractivity contribution in [1.82, 2.24) is 4.98 Å². The molecule has 2 rings (SSSR count). The van der Waals surface area contributed by atoms with E-state index in [1.54, 1.807) is 11.8 Å². The Bertz CT molecular complexity index is 543. The predicted molar refractivity (Wildman–Crippen MR) is 80.0 cm³/mol. The topological polar surface area (TPSA) is 38.9 Å². The van der Waals surface area contributed by atoms with Crippen LogP contribution in [-0.2, 0) is 6.42 Å². The fourth-order valence-electron chi connectivity index (χ4n) is 1.66. The van der Waals surface area contributed by atoms with Gasteiger partial charge in [0, 0.05) is 15.6 Å². The van der Waals surface area contributed by atoms with Gasteiger partial charge >= 0.3 is 0 Å². The van der Waals surface area contributed by atoms with Gasteiger partial charge in [-0.05, 0) is 59.1 Å². The van der Waals surface area contributed by atoms with E-state index in [0.29, 0.717) is 6.54 Å². The summed E-state index contributed by atoms with van der Waals surface area (Å²) in [6.07, 6.45) is 2.80. The molecule has 2 nitrogen and oxygen atoms in total. The second-order valence-corrected chi connectivity index (χ2v) is 5.92. The fourth-order valence-corrected chi connectivity index (χ4v) is 3.04. The van der Waals surface area contributed by atoms with Gasteiger partial charge in [-0.25, -0.2) is 4.98 Å². The monoisotopic (exact) mass is 322 g/mol. The van der Waals surface area contributed by atoms with Crippen molar-refractivity contribution in [2.24, 2.45) is 5.73 Å². The Morgan fingerprint density at radius 1 is 1.33 bits per heavy atom. The molecule has 2 aromatic rings. The zero-order chi connectivity index (χ0) is 13.0. The van der Waals surface area contributed by atoms with Gasteiger partial charge in [-0.15, -0.1) is 0 Å². The lowest BCUT2D eigenvalue weighted by Gasteiger charge is -2.08. The summed E-state index contributed by atoms with van der Waals surface area (Å²) in [4.78, 5) is 5.70. The van der Waals surface area contributed by atoms with Crippen molar-refractivity contribution < 1.29 is 0 Å². The number of hydrogen-bond donors (Lipinski definition) is 1. The summed E-state index contributed by atoms with van der Waals surface area (Å²) in [6, 6.07) is 10.3. The molecule has 1 heterocycles. The SMILES string of the molecule is Cc1cc(CCN)cnc1Sc1ccccc1Br. The number of rotatable bonds is 4. The molecule has 0 spiro atoms. The number of benzene rings is 1. The second-order valence-electron chi connectivity index (χ2n) is 4.04. The number of halogens is 1. The number of aromatic nitrogens is 1. The molecule has 0 fully saturated rings. The molecule has 1 aromatic heterocycles. The van der Waals surface area contributed by atoms with Crippen LogP contribution < -0.4 is 5.73 Å². The minimum Gasteiger partial charge on any atom is -0.330 e. The van der Waals surface area contributed by atoms with E-state index in [-0.39, 0.29) is 0 Å². The third-order valence-electron chi connectivity index (χ3n) is 2.56. The van der Waals surface area contributed by atoms with Gasteiger partial charge < -0.3 is 5.73 Å². The van der Waals surface area contributed by atoms with Crippen molar-refractivity contribution in [1.29, 1.82) is 0 Å². The van der Waals surface area contributed by atoms with Crippen LogP contribution >= 0.6 is 27.7 Å². The molecule has 0 saturated heterocycles. The lowest BCUT2D eigenvalue weighted by molar-refractivity contribution is 0.935. The molecule has 0 atom stereocenters. The maximum atomic E-state index is 5.55. The summed E-state index contributed by atoms with van der Waals surface area (Å²) in [5.74, 6) is 0. The van der Waals surface area contributed by atoms with Gasteiger partial charge in [0.05, 0.1) is 0 Å². The molecule has 0 radical (unpaired) electrons. The van der Waals surface area contributed by atoms with Gasteiger partial charge in [0.2, 0.25) is 0 Å². The number of pyridine rings is 1. The van der Waals surface area contributed by atoms with Crippen LogP contribution in [-0.4, -0.2) is 11.5 Å². The molecular formula is C14H15BrN2S. The van der Waals surface area contributed by atoms with Crippen LogP contribution in [0.3, 0.4) is 0 Å². The van der Waals surface area contributed by atoms with E-state index in [2.05, 4.69) is 40.0 Å². The molecule has 0 aliphatic carbocycles. The van der Waals surface area contributed by atoms with Crippen molar-refractivity contribution in [2.75, 3.05) is 6.54 Å². The first-order valence-corrected chi connectivity index (χ1v) is 7.39. The van der Waals surface area contributed by atoms with Crippen LogP contribution in [0.5, 0.6) is 0 Å². The van der Waals surface area contributed by atoms with E-state index in [9.17, 15) is 0 Å². The highest BCUT2D eigenvalue weighted by Gasteiger charge is 2.06. The molecule has 94 valence electrons. The first kappa shape index (κ1) is 13.6. The third-order valence-corrected chi connectivity index (χ3v) is 4.71. The van der Waals surface area contributed by atoms with Crippen molar-refractivity contribution in [3.63, 3.8) is 0 Å². The molecule has 4 heteroatoms. The summed E-state index contributed by atoms with van der Waals surface area (Å²) in [5.41, 5.74) is 7.95. The average Bonchev–Trinajstić information content (AvgIpc) is 2.35. The molecule has 18 heavy (non-hydrogen) atoms. The molecular weight excluding hydrogens is 308 g/mol. The minimum atomic E-state index is 0.665. The largest absolute Gasteiger partial charge is 0.330 e. The minimum absolute atomic E-state index is 0.665. The Balaban J connectivity index is 2.22. The Kier molecular flexibility index (Phi) is 4.80. The number of nitrogens with two attached hydrogens (primary N) is 1. The molecule has 0 amide bonds. The highest BCUT2D eigenvalue weighted by molar-refractivity contribution is 9.10. The van der Waals surface area contributed by atoms with Gasteiger partial charge in [0.25, 0.3) is 0 Å². The number of aryl methyl sites for hydroxylation is 1. The van der Waals surface area contributed by atoms with E-state index >= 15 is 0 Å². The van der Waals surface area contributed by atoms with Gasteiger partial charge in [0.15, 0.2) is 0 Å². The molecule has 0 aliphatic heterocycles. The van der Waals surface area contributed by atoms with E-state index in [0.717, 1.165) is 15.9 Å². The average molecular weight is 323 g/mol. The fraction of sp³-hybridized carbons (Fsp3) is 0.214. The smallest absolute Gasteiger partial charge is 0.104 e. The Morgan fingerprint density at radius 2 is 2.11 bits per heavy atom.